The molecule has 7 rings (SSSR count). The number of fused-ring (bicyclic) bond motifs is 1. The lowest BCUT2D eigenvalue weighted by Crippen LogP contribution is -2.49. The maximum atomic E-state index is 9.89. The Labute approximate surface area is 169 Å². The second-order valence-electron chi connectivity index (χ2n) is 9.53. The summed E-state index contributed by atoms with van der Waals surface area (Å²) in [6.45, 7) is 0. The Morgan fingerprint density at radius 3 is 2.31 bits per heavy atom. The fraction of sp³-hybridized carbons (Fsp3) is 0.478. The van der Waals surface area contributed by atoms with Crippen molar-refractivity contribution in [2.75, 3.05) is 0 Å². The molecule has 2 aromatic rings. The molecule has 0 radical (unpaired) electrons. The average Bonchev–Trinajstić information content (AvgIpc) is 3.11. The van der Waals surface area contributed by atoms with E-state index in [0.29, 0.717) is 11.5 Å². The Morgan fingerprint density at radius 2 is 1.72 bits per heavy atom. The van der Waals surface area contributed by atoms with Gasteiger partial charge in [0.05, 0.1) is 11.5 Å². The van der Waals surface area contributed by atoms with Crippen LogP contribution in [0.15, 0.2) is 35.7 Å². The Balaban J connectivity index is 1.53. The fourth-order valence-corrected chi connectivity index (χ4v) is 7.07. The van der Waals surface area contributed by atoms with Gasteiger partial charge < -0.3 is 15.6 Å². The van der Waals surface area contributed by atoms with Crippen LogP contribution in [0.4, 0.5) is 0 Å². The molecule has 6 heteroatoms. The molecule has 1 atom stereocenters. The lowest BCUT2D eigenvalue weighted by Gasteiger charge is -2.56. The van der Waals surface area contributed by atoms with Gasteiger partial charge in [-0.05, 0) is 74.0 Å². The highest BCUT2D eigenvalue weighted by Crippen LogP contribution is 2.62. The van der Waals surface area contributed by atoms with Crippen molar-refractivity contribution in [3.63, 3.8) is 0 Å². The molecule has 0 saturated heterocycles. The Morgan fingerprint density at radius 1 is 1.10 bits per heavy atom. The van der Waals surface area contributed by atoms with Crippen molar-refractivity contribution in [2.24, 2.45) is 23.5 Å². The molecule has 0 unspecified atom stereocenters. The van der Waals surface area contributed by atoms with E-state index in [4.69, 9.17) is 10.5 Å². The molecular formula is C23H24N4O2. The maximum absolute atomic E-state index is 9.89. The molecule has 29 heavy (non-hydrogen) atoms. The van der Waals surface area contributed by atoms with Crippen molar-refractivity contribution in [1.82, 2.24) is 10.2 Å². The molecule has 2 heterocycles. The molecule has 4 fully saturated rings. The Hall–Kier alpha value is -2.94. The summed E-state index contributed by atoms with van der Waals surface area (Å²) in [6.07, 6.45) is 7.67. The van der Waals surface area contributed by atoms with Crippen LogP contribution in [-0.2, 0) is 5.41 Å². The third-order valence-corrected chi connectivity index (χ3v) is 7.73. The van der Waals surface area contributed by atoms with Gasteiger partial charge in [-0.3, -0.25) is 5.10 Å². The van der Waals surface area contributed by atoms with Crippen LogP contribution >= 0.6 is 0 Å². The van der Waals surface area contributed by atoms with Crippen molar-refractivity contribution in [1.29, 1.82) is 5.26 Å². The van der Waals surface area contributed by atoms with Gasteiger partial charge in [0.15, 0.2) is 0 Å². The van der Waals surface area contributed by atoms with Crippen molar-refractivity contribution >= 4 is 0 Å². The molecule has 0 amide bonds. The molecule has 6 nitrogen and oxygen atoms in total. The third kappa shape index (κ3) is 2.37. The number of hydrogen-bond acceptors (Lipinski definition) is 5. The number of aromatic amines is 1. The predicted octanol–water partition coefficient (Wildman–Crippen LogP) is 3.80. The van der Waals surface area contributed by atoms with E-state index in [0.717, 1.165) is 34.6 Å². The van der Waals surface area contributed by atoms with E-state index < -0.39 is 0 Å². The van der Waals surface area contributed by atoms with Crippen molar-refractivity contribution in [3.05, 3.63) is 52.5 Å². The number of nitrogens with two attached hydrogens (primary N) is 1. The van der Waals surface area contributed by atoms with Gasteiger partial charge in [-0.25, -0.2) is 0 Å². The monoisotopic (exact) mass is 388 g/mol. The number of ether oxygens (including phenoxy) is 1. The first-order chi connectivity index (χ1) is 14.1. The topological polar surface area (TPSA) is 108 Å². The summed E-state index contributed by atoms with van der Waals surface area (Å²) < 4.78 is 5.80. The number of phenolic OH excluding ortho intramolecular Hbond substituents is 1. The molecule has 4 bridgehead atoms. The molecule has 148 valence electrons. The summed E-state index contributed by atoms with van der Waals surface area (Å²) in [7, 11) is 0. The van der Waals surface area contributed by atoms with Gasteiger partial charge in [0.25, 0.3) is 0 Å². The second-order valence-corrected chi connectivity index (χ2v) is 9.53. The van der Waals surface area contributed by atoms with E-state index in [-0.39, 0.29) is 23.0 Å². The quantitative estimate of drug-likeness (QED) is 0.725. The molecule has 4 saturated carbocycles. The van der Waals surface area contributed by atoms with Crippen LogP contribution in [0.3, 0.4) is 0 Å². The SMILES string of the molecule is N#CC1=C(N)Oc2n[nH]c(C34CC5CC(CC(C5)C3)C4)c2[C@H]1c1ccc(O)cc1. The van der Waals surface area contributed by atoms with E-state index in [9.17, 15) is 10.4 Å². The number of aromatic nitrogens is 2. The van der Waals surface area contributed by atoms with Crippen LogP contribution in [0.2, 0.25) is 0 Å². The largest absolute Gasteiger partial charge is 0.508 e. The van der Waals surface area contributed by atoms with E-state index in [1.165, 1.54) is 38.5 Å². The van der Waals surface area contributed by atoms with Gasteiger partial charge in [0, 0.05) is 11.1 Å². The summed E-state index contributed by atoms with van der Waals surface area (Å²) in [5.41, 5.74) is 9.64. The molecule has 5 aliphatic rings. The van der Waals surface area contributed by atoms with Gasteiger partial charge in [-0.2, -0.15) is 5.26 Å². The van der Waals surface area contributed by atoms with Crippen molar-refractivity contribution in [2.45, 2.75) is 49.9 Å². The zero-order valence-corrected chi connectivity index (χ0v) is 16.2. The third-order valence-electron chi connectivity index (χ3n) is 7.73. The highest BCUT2D eigenvalue weighted by atomic mass is 16.5. The number of benzene rings is 1. The van der Waals surface area contributed by atoms with E-state index >= 15 is 0 Å². The van der Waals surface area contributed by atoms with E-state index in [1.807, 2.05) is 12.1 Å². The number of nitrogens with zero attached hydrogens (tertiary/aromatic N) is 2. The number of rotatable bonds is 2. The molecular weight excluding hydrogens is 364 g/mol. The van der Waals surface area contributed by atoms with Gasteiger partial charge in [0.2, 0.25) is 11.8 Å². The molecule has 1 aliphatic heterocycles. The number of nitriles is 1. The van der Waals surface area contributed by atoms with Gasteiger partial charge in [-0.1, -0.05) is 12.1 Å². The Kier molecular flexibility index (Phi) is 3.39. The van der Waals surface area contributed by atoms with Crippen molar-refractivity contribution < 1.29 is 9.84 Å². The highest BCUT2D eigenvalue weighted by Gasteiger charge is 2.54. The molecule has 1 aromatic carbocycles. The number of nitrogens with one attached hydrogen (secondary N) is 1. The average molecular weight is 388 g/mol. The minimum atomic E-state index is -0.328. The zero-order valence-electron chi connectivity index (χ0n) is 16.2. The second kappa shape index (κ2) is 5.79. The van der Waals surface area contributed by atoms with E-state index in [2.05, 4.69) is 16.3 Å². The predicted molar refractivity (Wildman–Crippen MR) is 106 cm³/mol. The first kappa shape index (κ1) is 17.0. The molecule has 0 spiro atoms. The maximum Gasteiger partial charge on any atom is 0.244 e. The first-order valence-electron chi connectivity index (χ1n) is 10.5. The summed E-state index contributed by atoms with van der Waals surface area (Å²) in [5.74, 6) is 2.87. The summed E-state index contributed by atoms with van der Waals surface area (Å²) in [4.78, 5) is 0. The molecule has 1 aromatic heterocycles. The minimum absolute atomic E-state index is 0.0977. The van der Waals surface area contributed by atoms with Gasteiger partial charge in [-0.15, -0.1) is 5.10 Å². The van der Waals surface area contributed by atoms with Gasteiger partial charge in [0.1, 0.15) is 17.4 Å². The smallest absolute Gasteiger partial charge is 0.244 e. The first-order valence-corrected chi connectivity index (χ1v) is 10.5. The summed E-state index contributed by atoms with van der Waals surface area (Å²) in [5, 5.41) is 27.5. The number of phenols is 1. The molecule has 4 aliphatic carbocycles. The molecule has 4 N–H and O–H groups in total. The van der Waals surface area contributed by atoms with Crippen molar-refractivity contribution in [3.8, 4) is 17.7 Å². The van der Waals surface area contributed by atoms with Gasteiger partial charge >= 0.3 is 0 Å². The van der Waals surface area contributed by atoms with Crippen LogP contribution in [0.25, 0.3) is 0 Å². The standard InChI is InChI=1S/C23H24N4O2/c24-11-17-18(15-1-3-16(28)4-2-15)19-20(26-27-22(19)29-21(17)25)23-8-12-5-13(9-23)7-14(6-12)10-23/h1-4,12-14,18,28H,5-10,25H2,(H,26,27)/t12?,13?,14?,18-,23?/m0/s1. The summed E-state index contributed by atoms with van der Waals surface area (Å²) >= 11 is 0. The van der Waals surface area contributed by atoms with Crippen LogP contribution in [-0.4, -0.2) is 15.3 Å². The number of hydrogen-bond donors (Lipinski definition) is 3. The number of aromatic hydroxyl groups is 1. The number of allylic oxidation sites excluding steroid dienone is 1. The Bertz CT molecular complexity index is 1020. The summed E-state index contributed by atoms with van der Waals surface area (Å²) in [6, 6.07) is 9.29. The van der Waals surface area contributed by atoms with Crippen LogP contribution in [0.5, 0.6) is 11.6 Å². The number of H-pyrrole nitrogens is 1. The fourth-order valence-electron chi connectivity index (χ4n) is 7.07. The lowest BCUT2D eigenvalue weighted by molar-refractivity contribution is -0.00768. The van der Waals surface area contributed by atoms with Crippen LogP contribution < -0.4 is 10.5 Å². The normalized spacial score (nSPS) is 34.6. The minimum Gasteiger partial charge on any atom is -0.508 e. The van der Waals surface area contributed by atoms with Crippen LogP contribution in [0, 0.1) is 29.1 Å². The lowest BCUT2D eigenvalue weighted by atomic mass is 9.48. The highest BCUT2D eigenvalue weighted by molar-refractivity contribution is 5.57. The van der Waals surface area contributed by atoms with E-state index in [1.54, 1.807) is 12.1 Å². The van der Waals surface area contributed by atoms with Crippen LogP contribution in [0.1, 0.15) is 61.3 Å². The zero-order chi connectivity index (χ0) is 19.8.